The molecule has 0 aliphatic rings. The number of hydrogen-bond acceptors (Lipinski definition) is 3. The highest BCUT2D eigenvalue weighted by atomic mass is 32.2. The van der Waals surface area contributed by atoms with Gasteiger partial charge in [-0.25, -0.2) is 0 Å². The van der Waals surface area contributed by atoms with Crippen molar-refractivity contribution < 1.29 is 4.74 Å². The van der Waals surface area contributed by atoms with Crippen LogP contribution in [0.5, 0.6) is 11.5 Å². The van der Waals surface area contributed by atoms with Gasteiger partial charge in [-0.2, -0.15) is 0 Å². The summed E-state index contributed by atoms with van der Waals surface area (Å²) in [5, 5.41) is 0. The molecule has 1 atom stereocenters. The predicted octanol–water partition coefficient (Wildman–Crippen LogP) is 4.61. The van der Waals surface area contributed by atoms with Gasteiger partial charge in [-0.05, 0) is 42.5 Å². The third kappa shape index (κ3) is 3.52. The monoisotopic (exact) mass is 273 g/mol. The summed E-state index contributed by atoms with van der Waals surface area (Å²) in [7, 11) is 0. The van der Waals surface area contributed by atoms with Gasteiger partial charge in [-0.15, -0.1) is 11.8 Å². The fourth-order valence-corrected chi connectivity index (χ4v) is 2.37. The van der Waals surface area contributed by atoms with Gasteiger partial charge in [0.05, 0.1) is 0 Å². The van der Waals surface area contributed by atoms with E-state index in [1.54, 1.807) is 11.8 Å². The molecule has 0 bridgehead atoms. The summed E-state index contributed by atoms with van der Waals surface area (Å²) in [6.45, 7) is 2.09. The van der Waals surface area contributed by atoms with E-state index in [2.05, 4.69) is 13.0 Å². The Balaban J connectivity index is 2.15. The second-order valence-corrected chi connectivity index (χ2v) is 5.18. The van der Waals surface area contributed by atoms with E-state index >= 15 is 0 Å². The first kappa shape index (κ1) is 14.0. The Hall–Kier alpha value is -1.45. The minimum Gasteiger partial charge on any atom is -0.456 e. The molecule has 100 valence electrons. The van der Waals surface area contributed by atoms with E-state index in [1.807, 2.05) is 48.7 Å². The average Bonchev–Trinajstić information content (AvgIpc) is 2.48. The van der Waals surface area contributed by atoms with Gasteiger partial charge in [0.15, 0.2) is 0 Å². The van der Waals surface area contributed by atoms with Crippen molar-refractivity contribution in [3.05, 3.63) is 54.1 Å². The van der Waals surface area contributed by atoms with E-state index < -0.39 is 0 Å². The lowest BCUT2D eigenvalue weighted by Crippen LogP contribution is -2.08. The highest BCUT2D eigenvalue weighted by Crippen LogP contribution is 2.31. The quantitative estimate of drug-likeness (QED) is 0.808. The summed E-state index contributed by atoms with van der Waals surface area (Å²) in [5.74, 6) is 1.73. The van der Waals surface area contributed by atoms with E-state index in [0.29, 0.717) is 0 Å². The molecule has 3 heteroatoms. The largest absolute Gasteiger partial charge is 0.456 e. The van der Waals surface area contributed by atoms with Crippen LogP contribution in [0, 0.1) is 0 Å². The van der Waals surface area contributed by atoms with E-state index in [1.165, 1.54) is 0 Å². The van der Waals surface area contributed by atoms with Crippen molar-refractivity contribution in [1.82, 2.24) is 0 Å². The third-order valence-electron chi connectivity index (χ3n) is 3.04. The molecule has 0 spiro atoms. The van der Waals surface area contributed by atoms with Crippen molar-refractivity contribution in [2.45, 2.75) is 24.3 Å². The Labute approximate surface area is 119 Å². The molecule has 2 rings (SSSR count). The predicted molar refractivity (Wildman–Crippen MR) is 82.0 cm³/mol. The molecule has 0 unspecified atom stereocenters. The van der Waals surface area contributed by atoms with Gasteiger partial charge in [-0.3, -0.25) is 0 Å². The van der Waals surface area contributed by atoms with Gasteiger partial charge < -0.3 is 10.5 Å². The molecule has 2 nitrogen and oxygen atoms in total. The van der Waals surface area contributed by atoms with Gasteiger partial charge in [0.1, 0.15) is 11.5 Å². The van der Waals surface area contributed by atoms with Crippen LogP contribution < -0.4 is 10.5 Å². The van der Waals surface area contributed by atoms with Crippen molar-refractivity contribution in [3.8, 4) is 11.5 Å². The number of para-hydroxylation sites is 1. The number of hydrogen-bond donors (Lipinski definition) is 1. The number of benzene rings is 2. The maximum absolute atomic E-state index is 6.00. The fourth-order valence-electron chi connectivity index (χ4n) is 1.85. The molecular formula is C16H19NOS. The molecule has 0 fully saturated rings. The molecule has 0 aliphatic carbocycles. The lowest BCUT2D eigenvalue weighted by atomic mass is 10.1. The Morgan fingerprint density at radius 3 is 2.42 bits per heavy atom. The van der Waals surface area contributed by atoms with Crippen molar-refractivity contribution in [2.75, 3.05) is 6.26 Å². The summed E-state index contributed by atoms with van der Waals surface area (Å²) in [6, 6.07) is 16.2. The normalized spacial score (nSPS) is 12.2. The van der Waals surface area contributed by atoms with E-state index in [0.717, 1.165) is 28.4 Å². The van der Waals surface area contributed by atoms with Gasteiger partial charge in [0, 0.05) is 10.9 Å². The Kier molecular flexibility index (Phi) is 4.88. The second kappa shape index (κ2) is 6.64. The van der Waals surface area contributed by atoms with Crippen LogP contribution in [0.25, 0.3) is 0 Å². The first-order valence-electron chi connectivity index (χ1n) is 6.41. The Morgan fingerprint density at radius 1 is 1.11 bits per heavy atom. The minimum atomic E-state index is 0.104. The van der Waals surface area contributed by atoms with Crippen LogP contribution in [0.2, 0.25) is 0 Å². The first-order valence-corrected chi connectivity index (χ1v) is 7.63. The van der Waals surface area contributed by atoms with Gasteiger partial charge in [-0.1, -0.05) is 31.2 Å². The van der Waals surface area contributed by atoms with Crippen LogP contribution in [-0.4, -0.2) is 6.26 Å². The standard InChI is InChI=1S/C16H19NOS/c1-3-14(17)12-8-10-13(11-9-12)18-15-6-4-5-7-16(15)19-2/h4-11,14H,3,17H2,1-2H3/t14-/m0/s1. The number of nitrogens with two attached hydrogens (primary N) is 1. The summed E-state index contributed by atoms with van der Waals surface area (Å²) >= 11 is 1.68. The van der Waals surface area contributed by atoms with E-state index in [9.17, 15) is 0 Å². The van der Waals surface area contributed by atoms with Gasteiger partial charge in [0.25, 0.3) is 0 Å². The van der Waals surface area contributed by atoms with E-state index in [4.69, 9.17) is 10.5 Å². The van der Waals surface area contributed by atoms with Crippen LogP contribution in [0.3, 0.4) is 0 Å². The van der Waals surface area contributed by atoms with Crippen LogP contribution in [0.4, 0.5) is 0 Å². The molecule has 0 saturated heterocycles. The maximum atomic E-state index is 6.00. The smallest absolute Gasteiger partial charge is 0.140 e. The fraction of sp³-hybridized carbons (Fsp3) is 0.250. The zero-order valence-electron chi connectivity index (χ0n) is 11.3. The Bertz CT molecular complexity index is 525. The molecule has 2 N–H and O–H groups in total. The highest BCUT2D eigenvalue weighted by Gasteiger charge is 2.05. The molecule has 0 radical (unpaired) electrons. The van der Waals surface area contributed by atoms with Gasteiger partial charge >= 0.3 is 0 Å². The van der Waals surface area contributed by atoms with Crippen LogP contribution in [0.15, 0.2) is 53.4 Å². The van der Waals surface area contributed by atoms with Crippen LogP contribution in [0.1, 0.15) is 24.9 Å². The zero-order valence-corrected chi connectivity index (χ0v) is 12.1. The summed E-state index contributed by atoms with van der Waals surface area (Å²) < 4.78 is 5.91. The average molecular weight is 273 g/mol. The minimum absolute atomic E-state index is 0.104. The van der Waals surface area contributed by atoms with Crippen LogP contribution >= 0.6 is 11.8 Å². The van der Waals surface area contributed by atoms with Crippen molar-refractivity contribution in [1.29, 1.82) is 0 Å². The number of ether oxygens (including phenoxy) is 1. The summed E-state index contributed by atoms with van der Waals surface area (Å²) in [4.78, 5) is 1.14. The lowest BCUT2D eigenvalue weighted by Gasteiger charge is -2.12. The topological polar surface area (TPSA) is 35.2 Å². The van der Waals surface area contributed by atoms with Crippen molar-refractivity contribution in [3.63, 3.8) is 0 Å². The molecular weight excluding hydrogens is 254 g/mol. The molecule has 0 amide bonds. The molecule has 0 aromatic heterocycles. The molecule has 2 aromatic carbocycles. The lowest BCUT2D eigenvalue weighted by molar-refractivity contribution is 0.470. The number of rotatable bonds is 5. The van der Waals surface area contributed by atoms with Crippen molar-refractivity contribution >= 4 is 11.8 Å². The SMILES string of the molecule is CC[C@H](N)c1ccc(Oc2ccccc2SC)cc1. The Morgan fingerprint density at radius 2 is 1.79 bits per heavy atom. The third-order valence-corrected chi connectivity index (χ3v) is 3.82. The highest BCUT2D eigenvalue weighted by molar-refractivity contribution is 7.98. The summed E-state index contributed by atoms with van der Waals surface area (Å²) in [5.41, 5.74) is 7.14. The maximum Gasteiger partial charge on any atom is 0.140 e. The second-order valence-electron chi connectivity index (χ2n) is 4.34. The molecule has 0 saturated carbocycles. The molecule has 2 aromatic rings. The molecule has 0 heterocycles. The summed E-state index contributed by atoms with van der Waals surface area (Å²) in [6.07, 6.45) is 2.99. The first-order chi connectivity index (χ1) is 9.24. The zero-order chi connectivity index (χ0) is 13.7. The van der Waals surface area contributed by atoms with E-state index in [-0.39, 0.29) is 6.04 Å². The van der Waals surface area contributed by atoms with Gasteiger partial charge in [0.2, 0.25) is 0 Å². The molecule has 0 aliphatic heterocycles. The molecule has 19 heavy (non-hydrogen) atoms. The van der Waals surface area contributed by atoms with Crippen LogP contribution in [-0.2, 0) is 0 Å². The van der Waals surface area contributed by atoms with Crippen molar-refractivity contribution in [2.24, 2.45) is 5.73 Å². The number of thioether (sulfide) groups is 1.